The summed E-state index contributed by atoms with van der Waals surface area (Å²) in [7, 11) is 0. The van der Waals surface area contributed by atoms with Crippen LogP contribution in [0.2, 0.25) is 0 Å². The lowest BCUT2D eigenvalue weighted by atomic mass is 10.0. The first-order chi connectivity index (χ1) is 10.3. The van der Waals surface area contributed by atoms with E-state index in [1.165, 1.54) is 11.3 Å². The third-order valence-electron chi connectivity index (χ3n) is 3.20. The minimum absolute atomic E-state index is 0.465. The van der Waals surface area contributed by atoms with Gasteiger partial charge >= 0.3 is 0 Å². The summed E-state index contributed by atoms with van der Waals surface area (Å²) in [5.41, 5.74) is 2.87. The molecule has 2 nitrogen and oxygen atoms in total. The Labute approximate surface area is 127 Å². The van der Waals surface area contributed by atoms with Crippen LogP contribution in [0.1, 0.15) is 11.1 Å². The van der Waals surface area contributed by atoms with Crippen LogP contribution in [0.5, 0.6) is 0 Å². The third kappa shape index (κ3) is 2.31. The molecule has 0 bridgehead atoms. The van der Waals surface area contributed by atoms with Crippen LogP contribution in [0.25, 0.3) is 20.9 Å². The molecule has 0 saturated carbocycles. The van der Waals surface area contributed by atoms with Gasteiger partial charge in [0, 0.05) is 0 Å². The van der Waals surface area contributed by atoms with Crippen molar-refractivity contribution in [3.63, 3.8) is 0 Å². The van der Waals surface area contributed by atoms with Gasteiger partial charge < -0.3 is 0 Å². The molecule has 0 radical (unpaired) electrons. The molecule has 1 heterocycles. The molecule has 0 saturated heterocycles. The highest BCUT2D eigenvalue weighted by Gasteiger charge is 2.19. The van der Waals surface area contributed by atoms with Gasteiger partial charge in [-0.2, -0.15) is 10.5 Å². The van der Waals surface area contributed by atoms with Gasteiger partial charge in [0.25, 0.3) is 0 Å². The molecule has 0 atom stereocenters. The first-order valence-corrected chi connectivity index (χ1v) is 7.24. The molecule has 3 heteroatoms. The molecule has 0 unspecified atom stereocenters. The van der Waals surface area contributed by atoms with E-state index >= 15 is 0 Å². The van der Waals surface area contributed by atoms with E-state index in [-0.39, 0.29) is 0 Å². The highest BCUT2D eigenvalue weighted by atomic mass is 32.1. The standard InChI is InChI=1S/C18H10N2S/c19-11-15-16(12-20)18(14-9-5-2-6-10-14)21-17(15)13-7-3-1-4-8-13/h1-10H. The molecule has 0 aliphatic heterocycles. The molecule has 2 aromatic carbocycles. The maximum Gasteiger partial charge on any atom is 0.102 e. The molecule has 0 spiro atoms. The van der Waals surface area contributed by atoms with Crippen molar-refractivity contribution in [2.45, 2.75) is 0 Å². The van der Waals surface area contributed by atoms with Crippen LogP contribution < -0.4 is 0 Å². The smallest absolute Gasteiger partial charge is 0.102 e. The normalized spacial score (nSPS) is 9.81. The van der Waals surface area contributed by atoms with Crippen LogP contribution in [0.4, 0.5) is 0 Å². The van der Waals surface area contributed by atoms with Crippen LogP contribution in [0, 0.1) is 22.7 Å². The van der Waals surface area contributed by atoms with Crippen molar-refractivity contribution in [1.82, 2.24) is 0 Å². The molecular weight excluding hydrogens is 276 g/mol. The highest BCUT2D eigenvalue weighted by molar-refractivity contribution is 7.19. The number of thiophene rings is 1. The maximum atomic E-state index is 9.46. The van der Waals surface area contributed by atoms with Gasteiger partial charge in [-0.05, 0) is 11.1 Å². The van der Waals surface area contributed by atoms with Gasteiger partial charge in [-0.1, -0.05) is 60.7 Å². The predicted molar refractivity (Wildman–Crippen MR) is 84.6 cm³/mol. The highest BCUT2D eigenvalue weighted by Crippen LogP contribution is 2.41. The number of benzene rings is 2. The lowest BCUT2D eigenvalue weighted by Gasteiger charge is -1.97. The Hall–Kier alpha value is -2.88. The summed E-state index contributed by atoms with van der Waals surface area (Å²) >= 11 is 1.50. The monoisotopic (exact) mass is 286 g/mol. The molecule has 3 rings (SSSR count). The molecule has 0 aliphatic carbocycles. The van der Waals surface area contributed by atoms with Gasteiger partial charge in [-0.3, -0.25) is 0 Å². The summed E-state index contributed by atoms with van der Waals surface area (Å²) in [6.45, 7) is 0. The quantitative estimate of drug-likeness (QED) is 0.677. The van der Waals surface area contributed by atoms with E-state index in [0.717, 1.165) is 20.9 Å². The van der Waals surface area contributed by atoms with E-state index in [1.54, 1.807) is 0 Å². The number of rotatable bonds is 2. The maximum absolute atomic E-state index is 9.46. The van der Waals surface area contributed by atoms with Gasteiger partial charge in [0.2, 0.25) is 0 Å². The van der Waals surface area contributed by atoms with Crippen molar-refractivity contribution < 1.29 is 0 Å². The SMILES string of the molecule is N#Cc1c(-c2ccccc2)sc(-c2ccccc2)c1C#N. The fourth-order valence-corrected chi connectivity index (χ4v) is 3.44. The number of nitrogens with zero attached hydrogens (tertiary/aromatic N) is 2. The van der Waals surface area contributed by atoms with Gasteiger partial charge in [0.1, 0.15) is 12.1 Å². The minimum Gasteiger partial charge on any atom is -0.192 e. The molecular formula is C18H10N2S. The van der Waals surface area contributed by atoms with Crippen molar-refractivity contribution in [1.29, 1.82) is 10.5 Å². The minimum atomic E-state index is 0.465. The Morgan fingerprint density at radius 3 is 1.33 bits per heavy atom. The van der Waals surface area contributed by atoms with E-state index in [4.69, 9.17) is 0 Å². The average Bonchev–Trinajstić information content (AvgIpc) is 2.95. The number of hydrogen-bond donors (Lipinski definition) is 0. The first-order valence-electron chi connectivity index (χ1n) is 6.43. The summed E-state index contributed by atoms with van der Waals surface area (Å²) in [5, 5.41) is 18.9. The van der Waals surface area contributed by atoms with Gasteiger partial charge in [0.05, 0.1) is 20.9 Å². The van der Waals surface area contributed by atoms with Crippen LogP contribution in [-0.2, 0) is 0 Å². The topological polar surface area (TPSA) is 47.6 Å². The van der Waals surface area contributed by atoms with Gasteiger partial charge in [-0.15, -0.1) is 11.3 Å². The second kappa shape index (κ2) is 5.63. The molecule has 21 heavy (non-hydrogen) atoms. The first kappa shape index (κ1) is 13.1. The van der Waals surface area contributed by atoms with E-state index in [2.05, 4.69) is 12.1 Å². The average molecular weight is 286 g/mol. The van der Waals surface area contributed by atoms with Gasteiger partial charge in [0.15, 0.2) is 0 Å². The lowest BCUT2D eigenvalue weighted by molar-refractivity contribution is 1.46. The van der Waals surface area contributed by atoms with Crippen molar-refractivity contribution in [3.8, 4) is 33.0 Å². The Morgan fingerprint density at radius 2 is 1.00 bits per heavy atom. The van der Waals surface area contributed by atoms with Crippen LogP contribution in [0.15, 0.2) is 60.7 Å². The molecule has 0 fully saturated rings. The van der Waals surface area contributed by atoms with Crippen LogP contribution in [-0.4, -0.2) is 0 Å². The van der Waals surface area contributed by atoms with E-state index in [1.807, 2.05) is 60.7 Å². The Bertz CT molecular complexity index is 778. The third-order valence-corrected chi connectivity index (χ3v) is 4.49. The van der Waals surface area contributed by atoms with E-state index in [9.17, 15) is 10.5 Å². The summed E-state index contributed by atoms with van der Waals surface area (Å²) in [6, 6.07) is 23.8. The molecule has 0 N–H and O–H groups in total. The zero-order chi connectivity index (χ0) is 14.7. The van der Waals surface area contributed by atoms with Crippen LogP contribution in [0.3, 0.4) is 0 Å². The van der Waals surface area contributed by atoms with Crippen molar-refractivity contribution >= 4 is 11.3 Å². The zero-order valence-electron chi connectivity index (χ0n) is 11.1. The van der Waals surface area contributed by atoms with E-state index < -0.39 is 0 Å². The Morgan fingerprint density at radius 1 is 0.619 bits per heavy atom. The summed E-state index contributed by atoms with van der Waals surface area (Å²) in [4.78, 5) is 1.71. The second-order valence-electron chi connectivity index (χ2n) is 4.47. The largest absolute Gasteiger partial charge is 0.192 e. The fraction of sp³-hybridized carbons (Fsp3) is 0. The molecule has 98 valence electrons. The van der Waals surface area contributed by atoms with Crippen molar-refractivity contribution in [3.05, 3.63) is 71.8 Å². The number of nitriles is 2. The summed E-state index contributed by atoms with van der Waals surface area (Å²) < 4.78 is 0. The molecule has 0 amide bonds. The lowest BCUT2D eigenvalue weighted by Crippen LogP contribution is -1.82. The van der Waals surface area contributed by atoms with Gasteiger partial charge in [-0.25, -0.2) is 0 Å². The second-order valence-corrected chi connectivity index (χ2v) is 5.49. The van der Waals surface area contributed by atoms with E-state index in [0.29, 0.717) is 11.1 Å². The Kier molecular flexibility index (Phi) is 3.51. The molecule has 1 aromatic heterocycles. The van der Waals surface area contributed by atoms with Crippen molar-refractivity contribution in [2.24, 2.45) is 0 Å². The zero-order valence-corrected chi connectivity index (χ0v) is 11.9. The fourth-order valence-electron chi connectivity index (χ4n) is 2.23. The predicted octanol–water partition coefficient (Wildman–Crippen LogP) is 4.83. The summed E-state index contributed by atoms with van der Waals surface area (Å²) in [5.74, 6) is 0. The molecule has 0 aliphatic rings. The Balaban J connectivity index is 2.28. The molecule has 3 aromatic rings. The summed E-state index contributed by atoms with van der Waals surface area (Å²) in [6.07, 6.45) is 0. The van der Waals surface area contributed by atoms with Crippen molar-refractivity contribution in [2.75, 3.05) is 0 Å². The van der Waals surface area contributed by atoms with Crippen LogP contribution >= 0.6 is 11.3 Å². The number of hydrogen-bond acceptors (Lipinski definition) is 3.